The monoisotopic (exact) mass is 470 g/mol. The van der Waals surface area contributed by atoms with Crippen LogP contribution in [-0.4, -0.2) is 33.4 Å². The lowest BCUT2D eigenvalue weighted by atomic mass is 10.2. The Morgan fingerprint density at radius 1 is 1.24 bits per heavy atom. The molecular formula is C23H26N4O5S. The van der Waals surface area contributed by atoms with E-state index in [0.717, 1.165) is 29.7 Å². The molecule has 0 saturated heterocycles. The molecule has 10 heteroatoms. The number of carbonyl (C=O) groups excluding carboxylic acids is 3. The van der Waals surface area contributed by atoms with E-state index in [4.69, 9.17) is 10.5 Å². The molecule has 0 saturated carbocycles. The molecule has 0 bridgehead atoms. The average Bonchev–Trinajstić information content (AvgIpc) is 3.25. The first kappa shape index (κ1) is 24.1. The summed E-state index contributed by atoms with van der Waals surface area (Å²) in [6.45, 7) is 4.05. The van der Waals surface area contributed by atoms with Crippen LogP contribution >= 0.6 is 11.3 Å². The summed E-state index contributed by atoms with van der Waals surface area (Å²) in [4.78, 5) is 53.4. The van der Waals surface area contributed by atoms with Crippen molar-refractivity contribution in [2.75, 3.05) is 5.32 Å². The highest BCUT2D eigenvalue weighted by Gasteiger charge is 2.21. The van der Waals surface area contributed by atoms with Gasteiger partial charge in [-0.3, -0.25) is 19.2 Å². The van der Waals surface area contributed by atoms with Crippen LogP contribution in [0.15, 0.2) is 40.5 Å². The summed E-state index contributed by atoms with van der Waals surface area (Å²) in [5.74, 6) is -1.88. The Hall–Kier alpha value is -3.53. The van der Waals surface area contributed by atoms with Crippen molar-refractivity contribution in [3.8, 4) is 0 Å². The molecule has 3 aromatic rings. The number of nitrogens with two attached hydrogens (primary N) is 1. The molecule has 3 rings (SSSR count). The maximum atomic E-state index is 12.9. The number of nitrogens with one attached hydrogen (secondary N) is 1. The quantitative estimate of drug-likeness (QED) is 0.438. The van der Waals surface area contributed by atoms with E-state index in [0.29, 0.717) is 17.1 Å². The van der Waals surface area contributed by atoms with E-state index in [1.54, 1.807) is 9.95 Å². The summed E-state index contributed by atoms with van der Waals surface area (Å²) < 4.78 is 6.90. The number of nitrogens with zero attached hydrogens (tertiary/aromatic N) is 2. The van der Waals surface area contributed by atoms with Gasteiger partial charge in [-0.05, 0) is 36.9 Å². The molecular weight excluding hydrogens is 444 g/mol. The summed E-state index contributed by atoms with van der Waals surface area (Å²) in [5, 5.41) is 4.46. The van der Waals surface area contributed by atoms with Gasteiger partial charge in [0.15, 0.2) is 6.10 Å². The first-order chi connectivity index (χ1) is 15.8. The third-order valence-corrected chi connectivity index (χ3v) is 5.90. The molecule has 2 amide bonds. The van der Waals surface area contributed by atoms with Crippen molar-refractivity contribution in [3.05, 3.63) is 57.3 Å². The van der Waals surface area contributed by atoms with Gasteiger partial charge in [-0.1, -0.05) is 25.5 Å². The number of para-hydroxylation sites is 2. The van der Waals surface area contributed by atoms with Gasteiger partial charge in [0.1, 0.15) is 10.7 Å². The van der Waals surface area contributed by atoms with Crippen LogP contribution < -0.4 is 16.6 Å². The van der Waals surface area contributed by atoms with Gasteiger partial charge in [-0.2, -0.15) is 0 Å². The average molecular weight is 471 g/mol. The number of hydrogen-bond donors (Lipinski definition) is 2. The molecule has 1 aromatic carbocycles. The number of primary amides is 1. The molecule has 33 heavy (non-hydrogen) atoms. The number of amides is 2. The normalized spacial score (nSPS) is 11.8. The van der Waals surface area contributed by atoms with Crippen LogP contribution in [0.4, 0.5) is 5.00 Å². The number of aryl methyl sites for hydroxylation is 2. The topological polar surface area (TPSA) is 133 Å². The fraction of sp³-hybridized carbons (Fsp3) is 0.348. The SMILES string of the molecule is CCCCn1c(=O)c(CCC(=O)O[C@H](C)C(=O)Nc2sccc2C(N)=O)nc2ccccc21. The summed E-state index contributed by atoms with van der Waals surface area (Å²) in [7, 11) is 0. The molecule has 9 nitrogen and oxygen atoms in total. The van der Waals surface area contributed by atoms with Crippen LogP contribution in [0.25, 0.3) is 11.0 Å². The molecule has 174 valence electrons. The number of benzene rings is 1. The predicted octanol–water partition coefficient (Wildman–Crippen LogP) is 2.86. The Morgan fingerprint density at radius 3 is 2.73 bits per heavy atom. The third-order valence-electron chi connectivity index (χ3n) is 5.07. The molecule has 0 unspecified atom stereocenters. The Balaban J connectivity index is 1.65. The van der Waals surface area contributed by atoms with E-state index in [2.05, 4.69) is 17.2 Å². The van der Waals surface area contributed by atoms with Crippen molar-refractivity contribution in [3.63, 3.8) is 0 Å². The van der Waals surface area contributed by atoms with E-state index >= 15 is 0 Å². The minimum atomic E-state index is -1.09. The standard InChI is InChI=1S/C23H26N4O5S/c1-3-4-12-27-18-8-6-5-7-16(18)25-17(23(27)31)9-10-19(28)32-14(2)21(30)26-22-15(20(24)29)11-13-33-22/h5-8,11,13-14H,3-4,9-10,12H2,1-2H3,(H2,24,29)(H,26,30)/t14-/m1/s1. The van der Waals surface area contributed by atoms with Crippen LogP contribution in [0.2, 0.25) is 0 Å². The smallest absolute Gasteiger partial charge is 0.306 e. The van der Waals surface area contributed by atoms with E-state index in [-0.39, 0.29) is 29.7 Å². The molecule has 1 atom stereocenters. The second-order valence-electron chi connectivity index (χ2n) is 7.51. The lowest BCUT2D eigenvalue weighted by molar-refractivity contribution is -0.153. The Morgan fingerprint density at radius 2 is 2.00 bits per heavy atom. The largest absolute Gasteiger partial charge is 0.453 e. The third kappa shape index (κ3) is 5.83. The van der Waals surface area contributed by atoms with Gasteiger partial charge in [0.05, 0.1) is 23.0 Å². The zero-order valence-corrected chi connectivity index (χ0v) is 19.3. The Kier molecular flexibility index (Phi) is 7.94. The van der Waals surface area contributed by atoms with Crippen molar-refractivity contribution < 1.29 is 19.1 Å². The Bertz CT molecular complexity index is 1230. The maximum absolute atomic E-state index is 12.9. The van der Waals surface area contributed by atoms with Gasteiger partial charge in [0.2, 0.25) is 0 Å². The minimum absolute atomic E-state index is 0.0969. The van der Waals surface area contributed by atoms with Crippen molar-refractivity contribution in [1.82, 2.24) is 9.55 Å². The molecule has 0 radical (unpaired) electrons. The van der Waals surface area contributed by atoms with Gasteiger partial charge in [-0.25, -0.2) is 4.98 Å². The second-order valence-corrected chi connectivity index (χ2v) is 8.42. The van der Waals surface area contributed by atoms with Gasteiger partial charge >= 0.3 is 5.97 Å². The lowest BCUT2D eigenvalue weighted by Crippen LogP contribution is -2.31. The molecule has 2 aromatic heterocycles. The molecule has 0 fully saturated rings. The first-order valence-electron chi connectivity index (χ1n) is 10.7. The number of esters is 1. The van der Waals surface area contributed by atoms with E-state index in [1.165, 1.54) is 13.0 Å². The number of carbonyl (C=O) groups is 3. The number of unbranched alkanes of at least 4 members (excludes halogenated alkanes) is 1. The molecule has 2 heterocycles. The van der Waals surface area contributed by atoms with E-state index < -0.39 is 23.9 Å². The van der Waals surface area contributed by atoms with Crippen LogP contribution in [-0.2, 0) is 27.3 Å². The number of ether oxygens (including phenoxy) is 1. The summed E-state index contributed by atoms with van der Waals surface area (Å²) in [6, 6.07) is 8.89. The van der Waals surface area contributed by atoms with Crippen molar-refractivity contribution in [1.29, 1.82) is 0 Å². The van der Waals surface area contributed by atoms with Crippen molar-refractivity contribution >= 4 is 45.2 Å². The van der Waals surface area contributed by atoms with Gasteiger partial charge in [0.25, 0.3) is 17.4 Å². The number of rotatable bonds is 10. The maximum Gasteiger partial charge on any atom is 0.306 e. The zero-order chi connectivity index (χ0) is 24.0. The van der Waals surface area contributed by atoms with Crippen LogP contribution in [0.1, 0.15) is 49.2 Å². The summed E-state index contributed by atoms with van der Waals surface area (Å²) in [6.07, 6.45) is 0.698. The summed E-state index contributed by atoms with van der Waals surface area (Å²) >= 11 is 1.14. The molecule has 0 spiro atoms. The first-order valence-corrected chi connectivity index (χ1v) is 11.6. The van der Waals surface area contributed by atoms with Gasteiger partial charge in [-0.15, -0.1) is 11.3 Å². The number of anilines is 1. The number of thiophene rings is 1. The highest BCUT2D eigenvalue weighted by Crippen LogP contribution is 2.23. The minimum Gasteiger partial charge on any atom is -0.453 e. The Labute approximate surface area is 194 Å². The highest BCUT2D eigenvalue weighted by molar-refractivity contribution is 7.14. The molecule has 0 aliphatic carbocycles. The van der Waals surface area contributed by atoms with Gasteiger partial charge in [0, 0.05) is 13.0 Å². The lowest BCUT2D eigenvalue weighted by Gasteiger charge is -2.14. The molecule has 3 N–H and O–H groups in total. The van der Waals surface area contributed by atoms with E-state index in [1.807, 2.05) is 24.3 Å². The molecule has 0 aliphatic heterocycles. The fourth-order valence-electron chi connectivity index (χ4n) is 3.29. The van der Waals surface area contributed by atoms with Crippen LogP contribution in [0.5, 0.6) is 0 Å². The number of aromatic nitrogens is 2. The van der Waals surface area contributed by atoms with Crippen molar-refractivity contribution in [2.24, 2.45) is 5.73 Å². The predicted molar refractivity (Wildman–Crippen MR) is 126 cm³/mol. The second kappa shape index (κ2) is 10.9. The number of hydrogen-bond acceptors (Lipinski definition) is 7. The van der Waals surface area contributed by atoms with Crippen LogP contribution in [0, 0.1) is 0 Å². The zero-order valence-electron chi connectivity index (χ0n) is 18.5. The highest BCUT2D eigenvalue weighted by atomic mass is 32.1. The number of fused-ring (bicyclic) bond motifs is 1. The van der Waals surface area contributed by atoms with Gasteiger partial charge < -0.3 is 20.4 Å². The van der Waals surface area contributed by atoms with Crippen LogP contribution in [0.3, 0.4) is 0 Å². The molecule has 0 aliphatic rings. The fourth-order valence-corrected chi connectivity index (χ4v) is 4.09. The van der Waals surface area contributed by atoms with E-state index in [9.17, 15) is 19.2 Å². The summed E-state index contributed by atoms with van der Waals surface area (Å²) in [5.41, 5.74) is 6.96. The van der Waals surface area contributed by atoms with Crippen molar-refractivity contribution in [2.45, 2.75) is 52.2 Å².